The van der Waals surface area contributed by atoms with E-state index in [4.69, 9.17) is 0 Å². The van der Waals surface area contributed by atoms with Gasteiger partial charge in [-0.15, -0.1) is 0 Å². The summed E-state index contributed by atoms with van der Waals surface area (Å²) >= 11 is 0. The molecule has 2 heteroatoms. The van der Waals surface area contributed by atoms with Crippen LogP contribution in [0, 0.1) is 0 Å². The summed E-state index contributed by atoms with van der Waals surface area (Å²) < 4.78 is 0. The fraction of sp³-hybridized carbons (Fsp3) is 0. The maximum atomic E-state index is 2.27. The molecule has 0 saturated carbocycles. The number of hydrogen-bond donors (Lipinski definition) is 0. The second-order valence-corrected chi connectivity index (χ2v) is 7.37. The molecule has 1 aromatic heterocycles. The zero-order valence-corrected chi connectivity index (χ0v) is 19.7. The minimum atomic E-state index is 0. The predicted molar refractivity (Wildman–Crippen MR) is 131 cm³/mol. The molecular formula is C29H22BNa. The minimum absolute atomic E-state index is 0. The molecule has 0 atom stereocenters. The monoisotopic (exact) mass is 404 g/mol. The Hall–Kier alpha value is -2.71. The van der Waals surface area contributed by atoms with Crippen molar-refractivity contribution < 1.29 is 31.0 Å². The molecule has 0 bridgehead atoms. The fourth-order valence-electron chi connectivity index (χ4n) is 4.13. The van der Waals surface area contributed by atoms with Crippen LogP contribution in [0.25, 0.3) is 44.4 Å². The topological polar surface area (TPSA) is 0 Å². The van der Waals surface area contributed by atoms with Crippen molar-refractivity contribution in [2.75, 3.05) is 0 Å². The Morgan fingerprint density at radius 2 is 0.806 bits per heavy atom. The molecule has 0 saturated heterocycles. The van der Waals surface area contributed by atoms with Gasteiger partial charge in [0.25, 0.3) is 0 Å². The molecular weight excluding hydrogens is 382 g/mol. The molecule has 0 nitrogen and oxygen atoms in total. The Morgan fingerprint density at radius 3 is 1.29 bits per heavy atom. The van der Waals surface area contributed by atoms with Crippen LogP contribution in [0.3, 0.4) is 0 Å². The average Bonchev–Trinajstić information content (AvgIpc) is 2.85. The molecule has 0 fully saturated rings. The van der Waals surface area contributed by atoms with Gasteiger partial charge < -0.3 is 1.43 Å². The second-order valence-electron chi connectivity index (χ2n) is 7.37. The van der Waals surface area contributed by atoms with E-state index in [0.717, 1.165) is 0 Å². The van der Waals surface area contributed by atoms with E-state index in [1.807, 2.05) is 0 Å². The van der Waals surface area contributed by atoms with E-state index in [9.17, 15) is 0 Å². The molecule has 5 rings (SSSR count). The molecule has 0 amide bonds. The fourth-order valence-corrected chi connectivity index (χ4v) is 4.13. The van der Waals surface area contributed by atoms with E-state index in [2.05, 4.69) is 134 Å². The zero-order chi connectivity index (χ0) is 20.2. The molecule has 1 heterocycles. The molecule has 4 aromatic carbocycles. The van der Waals surface area contributed by atoms with Crippen LogP contribution in [0.15, 0.2) is 127 Å². The van der Waals surface area contributed by atoms with Gasteiger partial charge in [0.05, 0.1) is 0 Å². The van der Waals surface area contributed by atoms with Gasteiger partial charge in [-0.3, -0.25) is 0 Å². The van der Waals surface area contributed by atoms with Crippen molar-refractivity contribution in [1.82, 2.24) is 0 Å². The van der Waals surface area contributed by atoms with Gasteiger partial charge in [-0.1, -0.05) is 0 Å². The van der Waals surface area contributed by atoms with E-state index >= 15 is 0 Å². The quantitative estimate of drug-likeness (QED) is 0.377. The first-order chi connectivity index (χ1) is 14.9. The van der Waals surface area contributed by atoms with E-state index in [1.165, 1.54) is 44.4 Å². The molecule has 0 unspecified atom stereocenters. The SMILES string of the molecule is [H-].[Na+].b1cc(-c2ccccc2)c(-c2ccccc2)c(-c2ccccc2)c1-c1ccccc1. The van der Waals surface area contributed by atoms with Gasteiger partial charge >= 0.3 is 208 Å². The van der Waals surface area contributed by atoms with Gasteiger partial charge in [0.2, 0.25) is 0 Å². The molecule has 0 aliphatic heterocycles. The van der Waals surface area contributed by atoms with E-state index in [-0.39, 0.29) is 31.0 Å². The van der Waals surface area contributed by atoms with Gasteiger partial charge in [-0.25, -0.2) is 0 Å². The van der Waals surface area contributed by atoms with Gasteiger partial charge in [-0.05, 0) is 0 Å². The summed E-state index contributed by atoms with van der Waals surface area (Å²) in [5.41, 5.74) is 9.96. The standard InChI is InChI=1S/C29H21B.Na.H/c1-5-13-22(14-6-1)26-21-30-29(25-19-11-4-12-20-25)28(24-17-9-3-10-18-24)27(26)23-15-7-2-8-16-23;;/h1-21H;;/q;+1;-1. The van der Waals surface area contributed by atoms with Crippen LogP contribution < -0.4 is 29.6 Å². The van der Waals surface area contributed by atoms with Crippen LogP contribution in [0.1, 0.15) is 1.43 Å². The van der Waals surface area contributed by atoms with Crippen LogP contribution in [0.5, 0.6) is 0 Å². The third-order valence-electron chi connectivity index (χ3n) is 5.50. The Bertz CT molecular complexity index is 1160. The third kappa shape index (κ3) is 4.50. The molecule has 5 aromatic rings. The first kappa shape index (κ1) is 21.5. The van der Waals surface area contributed by atoms with Crippen molar-refractivity contribution in [2.24, 2.45) is 0 Å². The molecule has 0 spiro atoms. The summed E-state index contributed by atoms with van der Waals surface area (Å²) in [7, 11) is 0. The van der Waals surface area contributed by atoms with Crippen molar-refractivity contribution in [2.45, 2.75) is 0 Å². The maximum absolute atomic E-state index is 2.27. The second kappa shape index (κ2) is 10.1. The predicted octanol–water partition coefficient (Wildman–Crippen LogP) is 4.81. The van der Waals surface area contributed by atoms with Gasteiger partial charge in [0.15, 0.2) is 0 Å². The zero-order valence-electron chi connectivity index (χ0n) is 18.7. The van der Waals surface area contributed by atoms with Crippen molar-refractivity contribution >= 4 is 6.91 Å². The number of rotatable bonds is 4. The van der Waals surface area contributed by atoms with E-state index in [0.29, 0.717) is 0 Å². The first-order valence-electron chi connectivity index (χ1n) is 10.3. The van der Waals surface area contributed by atoms with Gasteiger partial charge in [0.1, 0.15) is 0 Å². The van der Waals surface area contributed by atoms with Crippen molar-refractivity contribution in [3.63, 3.8) is 0 Å². The van der Waals surface area contributed by atoms with Gasteiger partial charge in [0, 0.05) is 0 Å². The van der Waals surface area contributed by atoms with Crippen molar-refractivity contribution in [1.29, 1.82) is 0 Å². The third-order valence-corrected chi connectivity index (χ3v) is 5.50. The number of benzene rings is 4. The summed E-state index contributed by atoms with van der Waals surface area (Å²) in [6.07, 6.45) is 0. The molecule has 0 N–H and O–H groups in total. The van der Waals surface area contributed by atoms with Crippen LogP contribution in [-0.4, -0.2) is 6.91 Å². The van der Waals surface area contributed by atoms with E-state index < -0.39 is 0 Å². The summed E-state index contributed by atoms with van der Waals surface area (Å²) in [5, 5.41) is 0. The number of hydrogen-bond acceptors (Lipinski definition) is 0. The average molecular weight is 404 g/mol. The Morgan fingerprint density at radius 1 is 0.419 bits per heavy atom. The van der Waals surface area contributed by atoms with Crippen LogP contribution in [0.2, 0.25) is 0 Å². The van der Waals surface area contributed by atoms with Crippen LogP contribution in [-0.2, 0) is 0 Å². The molecule has 0 radical (unpaired) electrons. The molecule has 0 aliphatic carbocycles. The normalized spacial score (nSPS) is 10.2. The van der Waals surface area contributed by atoms with Crippen LogP contribution >= 0.6 is 0 Å². The van der Waals surface area contributed by atoms with Gasteiger partial charge in [-0.2, -0.15) is 0 Å². The molecule has 142 valence electrons. The van der Waals surface area contributed by atoms with Crippen molar-refractivity contribution in [3.8, 4) is 44.4 Å². The Balaban J connectivity index is 0.00000144. The summed E-state index contributed by atoms with van der Waals surface area (Å²) in [4.78, 5) is 0. The molecule has 0 aliphatic rings. The Labute approximate surface area is 208 Å². The summed E-state index contributed by atoms with van der Waals surface area (Å²) in [6, 6.07) is 42.8. The van der Waals surface area contributed by atoms with E-state index in [1.54, 1.807) is 0 Å². The Kier molecular flexibility index (Phi) is 6.99. The summed E-state index contributed by atoms with van der Waals surface area (Å²) in [5.74, 6) is 2.27. The van der Waals surface area contributed by atoms with Crippen LogP contribution in [0.4, 0.5) is 0 Å². The first-order valence-corrected chi connectivity index (χ1v) is 10.3. The summed E-state index contributed by atoms with van der Waals surface area (Å²) in [6.45, 7) is 2.27. The van der Waals surface area contributed by atoms with Crippen molar-refractivity contribution in [3.05, 3.63) is 127 Å². The molecule has 31 heavy (non-hydrogen) atoms.